The molecule has 1 saturated heterocycles. The van der Waals surface area contributed by atoms with Gasteiger partial charge in [-0.05, 0) is 12.8 Å². The lowest BCUT2D eigenvalue weighted by molar-refractivity contribution is -0.187. The van der Waals surface area contributed by atoms with Crippen LogP contribution in [0.5, 0.6) is 0 Å². The predicted molar refractivity (Wildman–Crippen MR) is 104 cm³/mol. The predicted octanol–water partition coefficient (Wildman–Crippen LogP) is 1.12. The standard InChI is InChI=1S/C19H27F3N6O3/c20-19(21,22)17(30)27-10-11-28(18(31)25-14-4-2-1-3-5-14)15(12-27)16(29)24-7-9-26-8-6-23-13-26/h6,8,13-15H,1-5,7,9-12H2,(H,24,29)(H,25,31)/t15-/m1/s1. The summed E-state index contributed by atoms with van der Waals surface area (Å²) in [5.74, 6) is -2.60. The summed E-state index contributed by atoms with van der Waals surface area (Å²) in [6.07, 6.45) is 4.59. The minimum absolute atomic E-state index is 0.0129. The molecule has 31 heavy (non-hydrogen) atoms. The molecule has 2 fully saturated rings. The van der Waals surface area contributed by atoms with Gasteiger partial charge in [0.05, 0.1) is 12.9 Å². The molecule has 1 aliphatic carbocycles. The number of halogens is 3. The first-order valence-electron chi connectivity index (χ1n) is 10.4. The van der Waals surface area contributed by atoms with Gasteiger partial charge < -0.3 is 25.0 Å². The summed E-state index contributed by atoms with van der Waals surface area (Å²) in [5, 5.41) is 5.54. The summed E-state index contributed by atoms with van der Waals surface area (Å²) in [7, 11) is 0. The Labute approximate surface area is 177 Å². The lowest BCUT2D eigenvalue weighted by Gasteiger charge is -2.41. The van der Waals surface area contributed by atoms with Crippen LogP contribution in [0, 0.1) is 0 Å². The Morgan fingerprint density at radius 3 is 2.48 bits per heavy atom. The third-order valence-corrected chi connectivity index (χ3v) is 5.63. The van der Waals surface area contributed by atoms with Crippen LogP contribution in [0.4, 0.5) is 18.0 Å². The number of urea groups is 1. The zero-order valence-electron chi connectivity index (χ0n) is 17.1. The Balaban J connectivity index is 1.65. The van der Waals surface area contributed by atoms with E-state index in [0.29, 0.717) is 11.4 Å². The van der Waals surface area contributed by atoms with Crippen LogP contribution in [0.15, 0.2) is 18.7 Å². The molecule has 172 valence electrons. The molecule has 1 aromatic heterocycles. The van der Waals surface area contributed by atoms with Gasteiger partial charge >= 0.3 is 18.1 Å². The smallest absolute Gasteiger partial charge is 0.352 e. The first-order valence-corrected chi connectivity index (χ1v) is 10.4. The molecule has 1 atom stereocenters. The number of aromatic nitrogens is 2. The van der Waals surface area contributed by atoms with E-state index in [0.717, 1.165) is 32.1 Å². The van der Waals surface area contributed by atoms with Gasteiger partial charge in [0.1, 0.15) is 6.04 Å². The van der Waals surface area contributed by atoms with Gasteiger partial charge in [-0.3, -0.25) is 9.59 Å². The van der Waals surface area contributed by atoms with E-state index in [-0.39, 0.29) is 25.7 Å². The average molecular weight is 444 g/mol. The van der Waals surface area contributed by atoms with E-state index in [1.165, 1.54) is 4.90 Å². The van der Waals surface area contributed by atoms with E-state index in [4.69, 9.17) is 0 Å². The van der Waals surface area contributed by atoms with E-state index in [9.17, 15) is 27.6 Å². The number of nitrogens with one attached hydrogen (secondary N) is 2. The van der Waals surface area contributed by atoms with Crippen molar-refractivity contribution in [1.29, 1.82) is 0 Å². The maximum atomic E-state index is 12.9. The minimum Gasteiger partial charge on any atom is -0.352 e. The van der Waals surface area contributed by atoms with Gasteiger partial charge in [0, 0.05) is 44.6 Å². The molecule has 1 aliphatic heterocycles. The number of alkyl halides is 3. The van der Waals surface area contributed by atoms with Gasteiger partial charge in [0.15, 0.2) is 0 Å². The van der Waals surface area contributed by atoms with Crippen molar-refractivity contribution in [2.24, 2.45) is 0 Å². The van der Waals surface area contributed by atoms with Crippen molar-refractivity contribution < 1.29 is 27.6 Å². The van der Waals surface area contributed by atoms with Crippen LogP contribution < -0.4 is 10.6 Å². The lowest BCUT2D eigenvalue weighted by Crippen LogP contribution is -2.65. The van der Waals surface area contributed by atoms with Gasteiger partial charge in [-0.1, -0.05) is 19.3 Å². The largest absolute Gasteiger partial charge is 0.471 e. The number of nitrogens with zero attached hydrogens (tertiary/aromatic N) is 4. The monoisotopic (exact) mass is 444 g/mol. The van der Waals surface area contributed by atoms with E-state index in [2.05, 4.69) is 15.6 Å². The highest BCUT2D eigenvalue weighted by Crippen LogP contribution is 2.22. The van der Waals surface area contributed by atoms with Crippen LogP contribution in [0.2, 0.25) is 0 Å². The van der Waals surface area contributed by atoms with Crippen molar-refractivity contribution in [1.82, 2.24) is 30.0 Å². The highest BCUT2D eigenvalue weighted by atomic mass is 19.4. The normalized spacial score (nSPS) is 20.4. The molecule has 9 nitrogen and oxygen atoms in total. The summed E-state index contributed by atoms with van der Waals surface area (Å²) in [5.41, 5.74) is 0. The summed E-state index contributed by atoms with van der Waals surface area (Å²) in [4.78, 5) is 43.0. The molecule has 0 radical (unpaired) electrons. The maximum absolute atomic E-state index is 12.9. The van der Waals surface area contributed by atoms with Gasteiger partial charge in [-0.15, -0.1) is 0 Å². The van der Waals surface area contributed by atoms with Crippen LogP contribution in [-0.4, -0.2) is 81.6 Å². The topological polar surface area (TPSA) is 99.6 Å². The van der Waals surface area contributed by atoms with Crippen molar-refractivity contribution in [3.8, 4) is 0 Å². The Kier molecular flexibility index (Phi) is 7.39. The molecule has 0 bridgehead atoms. The highest BCUT2D eigenvalue weighted by Gasteiger charge is 2.46. The minimum atomic E-state index is -5.03. The molecule has 1 aromatic rings. The number of carbonyl (C=O) groups excluding carboxylic acids is 3. The summed E-state index contributed by atoms with van der Waals surface area (Å²) in [6, 6.07) is -1.70. The second kappa shape index (κ2) is 10.0. The Bertz CT molecular complexity index is 764. The highest BCUT2D eigenvalue weighted by molar-refractivity contribution is 5.89. The maximum Gasteiger partial charge on any atom is 0.471 e. The zero-order valence-corrected chi connectivity index (χ0v) is 17.1. The quantitative estimate of drug-likeness (QED) is 0.711. The Morgan fingerprint density at radius 2 is 1.84 bits per heavy atom. The van der Waals surface area contributed by atoms with Crippen LogP contribution in [0.1, 0.15) is 32.1 Å². The number of amides is 4. The van der Waals surface area contributed by atoms with Crippen molar-refractivity contribution in [2.45, 2.75) is 56.9 Å². The first kappa shape index (κ1) is 22.9. The van der Waals surface area contributed by atoms with Crippen LogP contribution in [-0.2, 0) is 16.1 Å². The summed E-state index contributed by atoms with van der Waals surface area (Å²) < 4.78 is 40.4. The van der Waals surface area contributed by atoms with Crippen molar-refractivity contribution >= 4 is 17.8 Å². The number of piperazine rings is 1. The molecular formula is C19H27F3N6O3. The second-order valence-electron chi connectivity index (χ2n) is 7.83. The fourth-order valence-corrected chi connectivity index (χ4v) is 3.96. The SMILES string of the molecule is O=C(NCCn1ccnc1)[C@H]1CN(C(=O)C(F)(F)F)CCN1C(=O)NC1CCCCC1. The molecule has 12 heteroatoms. The van der Waals surface area contributed by atoms with E-state index in [1.54, 1.807) is 23.3 Å². The first-order chi connectivity index (χ1) is 14.8. The number of imidazole rings is 1. The molecule has 4 amide bonds. The molecule has 2 N–H and O–H groups in total. The summed E-state index contributed by atoms with van der Waals surface area (Å²) >= 11 is 0. The zero-order chi connectivity index (χ0) is 22.4. The molecule has 0 spiro atoms. The molecular weight excluding hydrogens is 417 g/mol. The fourth-order valence-electron chi connectivity index (χ4n) is 3.96. The second-order valence-corrected chi connectivity index (χ2v) is 7.83. The fraction of sp³-hybridized carbons (Fsp3) is 0.684. The van der Waals surface area contributed by atoms with E-state index < -0.39 is 36.6 Å². The van der Waals surface area contributed by atoms with Crippen molar-refractivity contribution in [2.75, 3.05) is 26.2 Å². The van der Waals surface area contributed by atoms with Crippen molar-refractivity contribution in [3.63, 3.8) is 0 Å². The average Bonchev–Trinajstić information content (AvgIpc) is 3.26. The summed E-state index contributed by atoms with van der Waals surface area (Å²) in [6.45, 7) is -0.322. The number of rotatable bonds is 5. The third kappa shape index (κ3) is 6.11. The number of carbonyl (C=O) groups is 3. The van der Waals surface area contributed by atoms with Gasteiger partial charge in [0.25, 0.3) is 0 Å². The van der Waals surface area contributed by atoms with E-state index in [1.807, 2.05) is 0 Å². The molecule has 2 aliphatic rings. The van der Waals surface area contributed by atoms with Gasteiger partial charge in [-0.25, -0.2) is 9.78 Å². The van der Waals surface area contributed by atoms with Crippen molar-refractivity contribution in [3.05, 3.63) is 18.7 Å². The molecule has 1 saturated carbocycles. The van der Waals surface area contributed by atoms with Crippen LogP contribution in [0.3, 0.4) is 0 Å². The van der Waals surface area contributed by atoms with Gasteiger partial charge in [-0.2, -0.15) is 13.2 Å². The van der Waals surface area contributed by atoms with E-state index >= 15 is 0 Å². The number of hydrogen-bond acceptors (Lipinski definition) is 4. The van der Waals surface area contributed by atoms with Gasteiger partial charge in [0.2, 0.25) is 5.91 Å². The Morgan fingerprint density at radius 1 is 1.10 bits per heavy atom. The molecule has 2 heterocycles. The number of hydrogen-bond donors (Lipinski definition) is 2. The molecule has 3 rings (SSSR count). The van der Waals surface area contributed by atoms with Crippen LogP contribution in [0.25, 0.3) is 0 Å². The lowest BCUT2D eigenvalue weighted by atomic mass is 9.95. The molecule has 0 aromatic carbocycles. The third-order valence-electron chi connectivity index (χ3n) is 5.63. The molecule has 0 unspecified atom stereocenters. The Hall–Kier alpha value is -2.79. The van der Waals surface area contributed by atoms with Crippen LogP contribution >= 0.6 is 0 Å².